The van der Waals surface area contributed by atoms with Gasteiger partial charge in [-0.1, -0.05) is 48.2 Å². The summed E-state index contributed by atoms with van der Waals surface area (Å²) in [6.45, 7) is 3.63. The van der Waals surface area contributed by atoms with Crippen molar-refractivity contribution in [3.05, 3.63) is 59.7 Å². The molecule has 4 N–H and O–H groups in total. The summed E-state index contributed by atoms with van der Waals surface area (Å²) >= 11 is 0. The molecule has 1 saturated carbocycles. The number of carbonyl (C=O) groups excluding carboxylic acids is 2. The Morgan fingerprint density at radius 3 is 1.29 bits per heavy atom. The second-order valence-corrected chi connectivity index (χ2v) is 11.6. The zero-order valence-electron chi connectivity index (χ0n) is 18.9. The van der Waals surface area contributed by atoms with Crippen molar-refractivity contribution in [3.8, 4) is 0 Å². The van der Waals surface area contributed by atoms with Crippen LogP contribution in [0.4, 0.5) is 9.59 Å². The normalized spacial score (nSPS) is 18.5. The van der Waals surface area contributed by atoms with Crippen molar-refractivity contribution in [2.24, 2.45) is 0 Å². The fourth-order valence-corrected chi connectivity index (χ4v) is 5.50. The van der Waals surface area contributed by atoms with Gasteiger partial charge in [-0.3, -0.25) is 0 Å². The predicted octanol–water partition coefficient (Wildman–Crippen LogP) is 2.29. The van der Waals surface area contributed by atoms with Gasteiger partial charge in [-0.25, -0.2) is 35.9 Å². The number of sulfonamides is 2. The van der Waals surface area contributed by atoms with Crippen molar-refractivity contribution in [3.63, 3.8) is 0 Å². The van der Waals surface area contributed by atoms with Crippen LogP contribution in [0.15, 0.2) is 58.3 Å². The van der Waals surface area contributed by atoms with Gasteiger partial charge in [-0.05, 0) is 51.0 Å². The van der Waals surface area contributed by atoms with E-state index in [1.54, 1.807) is 24.3 Å². The molecule has 0 aromatic heterocycles. The van der Waals surface area contributed by atoms with Gasteiger partial charge >= 0.3 is 12.1 Å². The lowest BCUT2D eigenvalue weighted by atomic mass is 9.90. The summed E-state index contributed by atoms with van der Waals surface area (Å²) in [6.07, 6.45) is 2.51. The lowest BCUT2D eigenvalue weighted by Crippen LogP contribution is -2.57. The van der Waals surface area contributed by atoms with E-state index in [9.17, 15) is 26.4 Å². The summed E-state index contributed by atoms with van der Waals surface area (Å²) in [6, 6.07) is 9.08. The molecule has 12 heteroatoms. The average molecular weight is 509 g/mol. The minimum atomic E-state index is -4.07. The maximum absolute atomic E-state index is 12.4. The SMILES string of the molecule is Cc1ccc(S(=O)(=O)NC(=O)N[C@H]2CCCC[C@H]2NC(=O)NS(=O)(=O)c2ccc(C)cc2)cc1. The van der Waals surface area contributed by atoms with Gasteiger partial charge in [-0.2, -0.15) is 0 Å². The van der Waals surface area contributed by atoms with E-state index in [2.05, 4.69) is 10.6 Å². The van der Waals surface area contributed by atoms with Gasteiger partial charge in [0.1, 0.15) is 0 Å². The van der Waals surface area contributed by atoms with E-state index in [0.29, 0.717) is 12.8 Å². The molecule has 0 spiro atoms. The van der Waals surface area contributed by atoms with E-state index >= 15 is 0 Å². The first-order valence-electron chi connectivity index (χ1n) is 10.8. The van der Waals surface area contributed by atoms with E-state index < -0.39 is 44.2 Å². The number of urea groups is 2. The van der Waals surface area contributed by atoms with Crippen molar-refractivity contribution < 1.29 is 26.4 Å². The minimum absolute atomic E-state index is 0.0488. The Labute approximate surface area is 199 Å². The number of hydrogen-bond donors (Lipinski definition) is 4. The number of nitrogens with one attached hydrogen (secondary N) is 4. The van der Waals surface area contributed by atoms with E-state index in [0.717, 1.165) is 24.0 Å². The van der Waals surface area contributed by atoms with Gasteiger partial charge < -0.3 is 10.6 Å². The van der Waals surface area contributed by atoms with Crippen LogP contribution < -0.4 is 20.1 Å². The topological polar surface area (TPSA) is 151 Å². The Kier molecular flexibility index (Phi) is 7.82. The number of rotatable bonds is 6. The molecule has 0 radical (unpaired) electrons. The molecule has 184 valence electrons. The highest BCUT2D eigenvalue weighted by molar-refractivity contribution is 7.90. The van der Waals surface area contributed by atoms with Crippen molar-refractivity contribution in [2.75, 3.05) is 0 Å². The number of carbonyl (C=O) groups is 2. The number of aryl methyl sites for hydroxylation is 2. The molecule has 0 saturated heterocycles. The standard InChI is InChI=1S/C22H28N4O6S2/c1-15-7-11-17(12-8-15)33(29,30)25-21(27)23-19-5-3-4-6-20(19)24-22(28)26-34(31,32)18-13-9-16(2)10-14-18/h7-14,19-20H,3-6H2,1-2H3,(H2,23,25,27)(H2,24,26,28)/t19-,20+. The third-order valence-corrected chi connectivity index (χ3v) is 8.21. The van der Waals surface area contributed by atoms with Crippen molar-refractivity contribution in [1.82, 2.24) is 20.1 Å². The van der Waals surface area contributed by atoms with E-state index in [-0.39, 0.29) is 9.79 Å². The smallest absolute Gasteiger partial charge is 0.328 e. The van der Waals surface area contributed by atoms with Gasteiger partial charge in [0.15, 0.2) is 0 Å². The molecule has 34 heavy (non-hydrogen) atoms. The predicted molar refractivity (Wildman–Crippen MR) is 126 cm³/mol. The Hall–Kier alpha value is -3.12. The zero-order valence-corrected chi connectivity index (χ0v) is 20.5. The molecule has 0 aliphatic heterocycles. The highest BCUT2D eigenvalue weighted by atomic mass is 32.2. The van der Waals surface area contributed by atoms with E-state index in [1.165, 1.54) is 24.3 Å². The van der Waals surface area contributed by atoms with Gasteiger partial charge in [0.05, 0.1) is 21.9 Å². The van der Waals surface area contributed by atoms with Gasteiger partial charge in [0.2, 0.25) is 0 Å². The van der Waals surface area contributed by atoms with E-state index in [1.807, 2.05) is 23.3 Å². The Balaban J connectivity index is 1.61. The molecule has 3 rings (SSSR count). The Morgan fingerprint density at radius 1 is 0.647 bits per heavy atom. The molecule has 0 unspecified atom stereocenters. The zero-order chi connectivity index (χ0) is 24.9. The molecular formula is C22H28N4O6S2. The van der Waals surface area contributed by atoms with Crippen LogP contribution in [-0.2, 0) is 20.0 Å². The molecule has 0 bridgehead atoms. The fraction of sp³-hybridized carbons (Fsp3) is 0.364. The largest absolute Gasteiger partial charge is 0.333 e. The second-order valence-electron chi connectivity index (χ2n) is 8.28. The summed E-state index contributed by atoms with van der Waals surface area (Å²) in [5.41, 5.74) is 1.75. The molecule has 1 aliphatic rings. The summed E-state index contributed by atoms with van der Waals surface area (Å²) in [5.74, 6) is 0. The van der Waals surface area contributed by atoms with Crippen LogP contribution in [-0.4, -0.2) is 41.0 Å². The van der Waals surface area contributed by atoms with Crippen molar-refractivity contribution in [2.45, 2.75) is 61.4 Å². The quantitative estimate of drug-likeness (QED) is 0.470. The third-order valence-electron chi connectivity index (χ3n) is 5.52. The molecule has 1 aliphatic carbocycles. The fourth-order valence-electron chi connectivity index (χ4n) is 3.67. The second kappa shape index (κ2) is 10.4. The maximum Gasteiger partial charge on any atom is 0.328 e. The first-order valence-corrected chi connectivity index (χ1v) is 13.7. The van der Waals surface area contributed by atoms with Crippen LogP contribution in [0, 0.1) is 13.8 Å². The van der Waals surface area contributed by atoms with Gasteiger partial charge in [0, 0.05) is 0 Å². The first-order chi connectivity index (χ1) is 16.0. The number of benzene rings is 2. The lowest BCUT2D eigenvalue weighted by Gasteiger charge is -2.32. The number of hydrogen-bond acceptors (Lipinski definition) is 6. The van der Waals surface area contributed by atoms with Crippen LogP contribution in [0.1, 0.15) is 36.8 Å². The van der Waals surface area contributed by atoms with Gasteiger partial charge in [-0.15, -0.1) is 0 Å². The summed E-state index contributed by atoms with van der Waals surface area (Å²) in [4.78, 5) is 24.7. The maximum atomic E-state index is 12.4. The summed E-state index contributed by atoms with van der Waals surface area (Å²) < 4.78 is 53.7. The van der Waals surface area contributed by atoms with Crippen LogP contribution in [0.2, 0.25) is 0 Å². The first kappa shape index (κ1) is 25.5. The Morgan fingerprint density at radius 2 is 0.971 bits per heavy atom. The molecule has 2 aromatic rings. The van der Waals surface area contributed by atoms with Crippen LogP contribution in [0.25, 0.3) is 0 Å². The van der Waals surface area contributed by atoms with Crippen molar-refractivity contribution in [1.29, 1.82) is 0 Å². The molecule has 4 amide bonds. The molecule has 1 fully saturated rings. The number of amides is 4. The summed E-state index contributed by atoms with van der Waals surface area (Å²) in [5, 5.41) is 5.18. The monoisotopic (exact) mass is 508 g/mol. The summed E-state index contributed by atoms with van der Waals surface area (Å²) in [7, 11) is -8.13. The van der Waals surface area contributed by atoms with Gasteiger partial charge in [0.25, 0.3) is 20.0 Å². The van der Waals surface area contributed by atoms with E-state index in [4.69, 9.17) is 0 Å². The van der Waals surface area contributed by atoms with Crippen molar-refractivity contribution >= 4 is 32.1 Å². The molecule has 2 atom stereocenters. The molecule has 2 aromatic carbocycles. The highest BCUT2D eigenvalue weighted by Crippen LogP contribution is 2.19. The van der Waals surface area contributed by atoms with Crippen LogP contribution in [0.5, 0.6) is 0 Å². The molecule has 10 nitrogen and oxygen atoms in total. The molecule has 0 heterocycles. The lowest BCUT2D eigenvalue weighted by molar-refractivity contribution is 0.218. The Bertz CT molecular complexity index is 1140. The molecular weight excluding hydrogens is 480 g/mol. The average Bonchev–Trinajstić information content (AvgIpc) is 2.75. The third kappa shape index (κ3) is 6.70. The minimum Gasteiger partial charge on any atom is -0.333 e. The van der Waals surface area contributed by atoms with Crippen LogP contribution in [0.3, 0.4) is 0 Å². The van der Waals surface area contributed by atoms with Crippen LogP contribution >= 0.6 is 0 Å². The highest BCUT2D eigenvalue weighted by Gasteiger charge is 2.30.